The number of hydrogen-bond acceptors (Lipinski definition) is 2. The second-order valence-corrected chi connectivity index (χ2v) is 4.39. The summed E-state index contributed by atoms with van der Waals surface area (Å²) in [7, 11) is 0. The summed E-state index contributed by atoms with van der Waals surface area (Å²) in [6, 6.07) is 5.37. The molecule has 0 amide bonds. The third-order valence-corrected chi connectivity index (χ3v) is 3.09. The van der Waals surface area contributed by atoms with Crippen LogP contribution in [0.15, 0.2) is 30.7 Å². The number of imidazole rings is 1. The molecule has 0 unspecified atom stereocenters. The van der Waals surface area contributed by atoms with Gasteiger partial charge in [-0.3, -0.25) is 0 Å². The van der Waals surface area contributed by atoms with Gasteiger partial charge in [-0.2, -0.15) is 0 Å². The van der Waals surface area contributed by atoms with Crippen LogP contribution in [0.1, 0.15) is 12.1 Å². The highest BCUT2D eigenvalue weighted by atomic mass is 35.5. The first kappa shape index (κ1) is 12.1. The van der Waals surface area contributed by atoms with E-state index in [1.54, 1.807) is 18.5 Å². The van der Waals surface area contributed by atoms with Crippen LogP contribution in [0.5, 0.6) is 0 Å². The van der Waals surface area contributed by atoms with Gasteiger partial charge in [0.2, 0.25) is 0 Å². The van der Waals surface area contributed by atoms with Crippen molar-refractivity contribution in [1.29, 1.82) is 0 Å². The Hall–Kier alpha value is -1.32. The molecule has 0 aliphatic carbocycles. The molecule has 5 heteroatoms. The van der Waals surface area contributed by atoms with Crippen LogP contribution >= 0.6 is 23.2 Å². The summed E-state index contributed by atoms with van der Waals surface area (Å²) in [5, 5.41) is 1.03. The zero-order valence-electron chi connectivity index (χ0n) is 8.94. The van der Waals surface area contributed by atoms with Crippen molar-refractivity contribution in [1.82, 2.24) is 9.55 Å². The molecule has 0 saturated carbocycles. The quantitative estimate of drug-likeness (QED) is 0.798. The topological polar surface area (TPSA) is 34.9 Å². The van der Waals surface area contributed by atoms with Gasteiger partial charge in [-0.1, -0.05) is 23.2 Å². The Labute approximate surface area is 109 Å². The van der Waals surface area contributed by atoms with Gasteiger partial charge in [0.1, 0.15) is 6.29 Å². The van der Waals surface area contributed by atoms with Crippen LogP contribution in [-0.4, -0.2) is 15.8 Å². The maximum Gasteiger partial charge on any atom is 0.120 e. The molecule has 0 N–H and O–H groups in total. The summed E-state index contributed by atoms with van der Waals surface area (Å²) in [5.41, 5.74) is 1.77. The molecule has 0 saturated heterocycles. The molecule has 0 bridgehead atoms. The van der Waals surface area contributed by atoms with Gasteiger partial charge >= 0.3 is 0 Å². The Morgan fingerprint density at radius 2 is 2.12 bits per heavy atom. The molecule has 17 heavy (non-hydrogen) atoms. The van der Waals surface area contributed by atoms with Crippen molar-refractivity contribution in [3.8, 4) is 5.69 Å². The zero-order valence-corrected chi connectivity index (χ0v) is 10.4. The van der Waals surface area contributed by atoms with Crippen molar-refractivity contribution in [3.63, 3.8) is 0 Å². The van der Waals surface area contributed by atoms with E-state index in [1.165, 1.54) is 0 Å². The standard InChI is InChI=1S/C12H10Cl2N2O/c13-11-4-3-10(6-12(11)14)16-7-9(15-8-16)2-1-5-17/h3-8H,1-2H2. The Morgan fingerprint density at radius 1 is 1.29 bits per heavy atom. The van der Waals surface area contributed by atoms with E-state index in [0.29, 0.717) is 22.9 Å². The smallest absolute Gasteiger partial charge is 0.120 e. The minimum Gasteiger partial charge on any atom is -0.306 e. The van der Waals surface area contributed by atoms with Crippen molar-refractivity contribution in [2.75, 3.05) is 0 Å². The van der Waals surface area contributed by atoms with Crippen LogP contribution in [0.3, 0.4) is 0 Å². The summed E-state index contributed by atoms with van der Waals surface area (Å²) in [6.45, 7) is 0. The third kappa shape index (κ3) is 2.87. The van der Waals surface area contributed by atoms with E-state index >= 15 is 0 Å². The highest BCUT2D eigenvalue weighted by Gasteiger charge is 2.03. The lowest BCUT2D eigenvalue weighted by Crippen LogP contribution is -1.90. The highest BCUT2D eigenvalue weighted by molar-refractivity contribution is 6.42. The number of aryl methyl sites for hydroxylation is 1. The average Bonchev–Trinajstić information content (AvgIpc) is 2.79. The molecule has 0 aliphatic heterocycles. The summed E-state index contributed by atoms with van der Waals surface area (Å²) < 4.78 is 1.85. The minimum absolute atomic E-state index is 0.485. The largest absolute Gasteiger partial charge is 0.306 e. The van der Waals surface area contributed by atoms with Gasteiger partial charge in [0, 0.05) is 18.3 Å². The highest BCUT2D eigenvalue weighted by Crippen LogP contribution is 2.24. The average molecular weight is 269 g/mol. The number of aromatic nitrogens is 2. The fourth-order valence-electron chi connectivity index (χ4n) is 1.49. The van der Waals surface area contributed by atoms with Gasteiger partial charge in [-0.25, -0.2) is 4.98 Å². The third-order valence-electron chi connectivity index (χ3n) is 2.36. The molecule has 1 aromatic heterocycles. The van der Waals surface area contributed by atoms with Gasteiger partial charge in [-0.15, -0.1) is 0 Å². The predicted octanol–water partition coefficient (Wildman–Crippen LogP) is 3.31. The molecule has 1 heterocycles. The summed E-state index contributed by atoms with van der Waals surface area (Å²) in [5.74, 6) is 0. The molecule has 2 rings (SSSR count). The molecular formula is C12H10Cl2N2O. The fourth-order valence-corrected chi connectivity index (χ4v) is 1.78. The van der Waals surface area contributed by atoms with Crippen LogP contribution in [-0.2, 0) is 11.2 Å². The monoisotopic (exact) mass is 268 g/mol. The van der Waals surface area contributed by atoms with E-state index in [0.717, 1.165) is 17.7 Å². The molecule has 2 aromatic rings. The lowest BCUT2D eigenvalue weighted by Gasteiger charge is -2.03. The number of nitrogens with zero attached hydrogens (tertiary/aromatic N) is 2. The lowest BCUT2D eigenvalue weighted by atomic mass is 10.3. The molecule has 0 aliphatic rings. The maximum absolute atomic E-state index is 10.3. The number of hydrogen-bond donors (Lipinski definition) is 0. The van der Waals surface area contributed by atoms with Crippen molar-refractivity contribution in [2.45, 2.75) is 12.8 Å². The number of benzene rings is 1. The van der Waals surface area contributed by atoms with Gasteiger partial charge in [0.25, 0.3) is 0 Å². The number of carbonyl (C=O) groups is 1. The van der Waals surface area contributed by atoms with Gasteiger partial charge < -0.3 is 9.36 Å². The normalized spacial score (nSPS) is 10.5. The van der Waals surface area contributed by atoms with Crippen LogP contribution in [0.25, 0.3) is 5.69 Å². The van der Waals surface area contributed by atoms with E-state index in [-0.39, 0.29) is 0 Å². The van der Waals surface area contributed by atoms with Crippen LogP contribution in [0.4, 0.5) is 0 Å². The second kappa shape index (κ2) is 5.34. The molecule has 88 valence electrons. The number of carbonyl (C=O) groups excluding carboxylic acids is 1. The number of halogens is 2. The van der Waals surface area contributed by atoms with Gasteiger partial charge in [-0.05, 0) is 24.6 Å². The SMILES string of the molecule is O=CCCc1cn(-c2ccc(Cl)c(Cl)c2)cn1. The molecule has 0 fully saturated rings. The summed E-state index contributed by atoms with van der Waals surface area (Å²) >= 11 is 11.8. The first-order chi connectivity index (χ1) is 8.20. The van der Waals surface area contributed by atoms with Crippen LogP contribution in [0, 0.1) is 0 Å². The first-order valence-corrected chi connectivity index (χ1v) is 5.88. The van der Waals surface area contributed by atoms with Crippen LogP contribution < -0.4 is 0 Å². The fraction of sp³-hybridized carbons (Fsp3) is 0.167. The summed E-state index contributed by atoms with van der Waals surface area (Å²) in [4.78, 5) is 14.5. The van der Waals surface area contributed by atoms with E-state index in [2.05, 4.69) is 4.98 Å². The van der Waals surface area contributed by atoms with Gasteiger partial charge in [0.15, 0.2) is 0 Å². The van der Waals surface area contributed by atoms with Crippen molar-refractivity contribution in [3.05, 3.63) is 46.5 Å². The van der Waals surface area contributed by atoms with Crippen LogP contribution in [0.2, 0.25) is 10.0 Å². The molecule has 0 spiro atoms. The van der Waals surface area contributed by atoms with E-state index in [9.17, 15) is 4.79 Å². The van der Waals surface area contributed by atoms with E-state index in [1.807, 2.05) is 16.8 Å². The molecule has 0 atom stereocenters. The minimum atomic E-state index is 0.485. The zero-order chi connectivity index (χ0) is 12.3. The molecular weight excluding hydrogens is 259 g/mol. The second-order valence-electron chi connectivity index (χ2n) is 3.58. The van der Waals surface area contributed by atoms with Crippen molar-refractivity contribution < 1.29 is 4.79 Å². The van der Waals surface area contributed by atoms with Crippen molar-refractivity contribution >= 4 is 29.5 Å². The number of aldehydes is 1. The van der Waals surface area contributed by atoms with E-state index < -0.39 is 0 Å². The Balaban J connectivity index is 2.24. The maximum atomic E-state index is 10.3. The van der Waals surface area contributed by atoms with Gasteiger partial charge in [0.05, 0.1) is 22.1 Å². The first-order valence-electron chi connectivity index (χ1n) is 5.12. The Morgan fingerprint density at radius 3 is 2.82 bits per heavy atom. The Kier molecular flexibility index (Phi) is 3.82. The number of rotatable bonds is 4. The molecule has 3 nitrogen and oxygen atoms in total. The summed E-state index contributed by atoms with van der Waals surface area (Å²) in [6.07, 6.45) is 5.59. The Bertz CT molecular complexity index is 537. The lowest BCUT2D eigenvalue weighted by molar-refractivity contribution is -0.107. The predicted molar refractivity (Wildman–Crippen MR) is 68.0 cm³/mol. The molecule has 0 radical (unpaired) electrons. The van der Waals surface area contributed by atoms with Crippen molar-refractivity contribution in [2.24, 2.45) is 0 Å². The van der Waals surface area contributed by atoms with E-state index in [4.69, 9.17) is 23.2 Å². The molecule has 1 aromatic carbocycles.